The Kier molecular flexibility index (Phi) is 6.14. The summed E-state index contributed by atoms with van der Waals surface area (Å²) in [7, 11) is 0. The maximum atomic E-state index is 14.6. The van der Waals surface area contributed by atoms with Gasteiger partial charge in [-0.05, 0) is 61.4 Å². The van der Waals surface area contributed by atoms with Gasteiger partial charge >= 0.3 is 0 Å². The van der Waals surface area contributed by atoms with Gasteiger partial charge in [-0.15, -0.1) is 5.10 Å². The molecule has 3 atom stereocenters. The first kappa shape index (κ1) is 25.1. The Labute approximate surface area is 214 Å². The summed E-state index contributed by atoms with van der Waals surface area (Å²) in [5.41, 5.74) is 2.60. The van der Waals surface area contributed by atoms with Crippen molar-refractivity contribution in [1.29, 1.82) is 0 Å². The monoisotopic (exact) mass is 504 g/mol. The molecule has 0 bridgehead atoms. The Hall–Kier alpha value is -3.59. The number of aliphatic hydroxyl groups excluding tert-OH is 1. The fourth-order valence-electron chi connectivity index (χ4n) is 5.75. The van der Waals surface area contributed by atoms with Crippen molar-refractivity contribution in [2.45, 2.75) is 65.0 Å². The van der Waals surface area contributed by atoms with E-state index in [2.05, 4.69) is 48.0 Å². The van der Waals surface area contributed by atoms with Crippen molar-refractivity contribution >= 4 is 0 Å². The number of aliphatic hydroxyl groups is 1. The SMILES string of the molecule is CCC1c2cc(-c3c(F)cccc3F)nnc2[C@](C)(c2cncc(-c3ccn(C[C@H](C)O)n3)n2)C1(C)C. The van der Waals surface area contributed by atoms with Gasteiger partial charge in [-0.3, -0.25) is 9.67 Å². The molecule has 0 radical (unpaired) electrons. The lowest BCUT2D eigenvalue weighted by Crippen LogP contribution is -2.40. The van der Waals surface area contributed by atoms with Crippen LogP contribution < -0.4 is 0 Å². The predicted octanol–water partition coefficient (Wildman–Crippen LogP) is 5.30. The van der Waals surface area contributed by atoms with E-state index in [-0.39, 0.29) is 22.6 Å². The second kappa shape index (κ2) is 9.06. The van der Waals surface area contributed by atoms with Crippen LogP contribution in [-0.4, -0.2) is 41.2 Å². The predicted molar refractivity (Wildman–Crippen MR) is 136 cm³/mol. The Balaban J connectivity index is 1.63. The Bertz CT molecular complexity index is 1450. The molecule has 4 aromatic rings. The molecule has 7 nitrogen and oxygen atoms in total. The van der Waals surface area contributed by atoms with Crippen molar-refractivity contribution in [1.82, 2.24) is 29.9 Å². The van der Waals surface area contributed by atoms with Crippen LogP contribution in [-0.2, 0) is 12.0 Å². The largest absolute Gasteiger partial charge is 0.391 e. The Morgan fingerprint density at radius 3 is 2.43 bits per heavy atom. The number of fused-ring (bicyclic) bond motifs is 1. The number of rotatable bonds is 6. The molecule has 0 aliphatic heterocycles. The first-order valence-electron chi connectivity index (χ1n) is 12.4. The average Bonchev–Trinajstić information content (AvgIpc) is 3.37. The van der Waals surface area contributed by atoms with Crippen molar-refractivity contribution in [2.75, 3.05) is 0 Å². The molecular formula is C28H30F2N6O. The molecule has 5 rings (SSSR count). The number of benzene rings is 1. The maximum Gasteiger partial charge on any atom is 0.135 e. The number of hydrogen-bond donors (Lipinski definition) is 1. The first-order chi connectivity index (χ1) is 17.6. The summed E-state index contributed by atoms with van der Waals surface area (Å²) in [6.07, 6.45) is 5.49. The molecule has 1 aliphatic carbocycles. The van der Waals surface area contributed by atoms with E-state index in [9.17, 15) is 13.9 Å². The Morgan fingerprint density at radius 2 is 1.76 bits per heavy atom. The minimum Gasteiger partial charge on any atom is -0.391 e. The molecule has 1 N–H and O–H groups in total. The third-order valence-electron chi connectivity index (χ3n) is 7.96. The maximum absolute atomic E-state index is 14.6. The molecular weight excluding hydrogens is 474 g/mol. The van der Waals surface area contributed by atoms with Crippen LogP contribution in [0.15, 0.2) is 48.9 Å². The van der Waals surface area contributed by atoms with E-state index in [1.165, 1.54) is 18.2 Å². The fraction of sp³-hybridized carbons (Fsp3) is 0.393. The third kappa shape index (κ3) is 3.92. The molecule has 192 valence electrons. The minimum atomic E-state index is -0.673. The van der Waals surface area contributed by atoms with Crippen LogP contribution in [0, 0.1) is 17.0 Å². The zero-order valence-corrected chi connectivity index (χ0v) is 21.6. The van der Waals surface area contributed by atoms with Crippen molar-refractivity contribution in [3.05, 3.63) is 77.5 Å². The van der Waals surface area contributed by atoms with Gasteiger partial charge in [-0.25, -0.2) is 13.8 Å². The second-order valence-corrected chi connectivity index (χ2v) is 10.5. The van der Waals surface area contributed by atoms with Crippen LogP contribution in [0.4, 0.5) is 8.78 Å². The highest BCUT2D eigenvalue weighted by molar-refractivity contribution is 5.63. The van der Waals surface area contributed by atoms with Gasteiger partial charge in [0.25, 0.3) is 0 Å². The summed E-state index contributed by atoms with van der Waals surface area (Å²) in [5.74, 6) is -1.29. The molecule has 9 heteroatoms. The highest BCUT2D eigenvalue weighted by Crippen LogP contribution is 2.61. The zero-order chi connectivity index (χ0) is 26.5. The molecule has 0 saturated heterocycles. The van der Waals surface area contributed by atoms with Crippen LogP contribution >= 0.6 is 0 Å². The highest BCUT2D eigenvalue weighted by atomic mass is 19.1. The molecule has 1 unspecified atom stereocenters. The van der Waals surface area contributed by atoms with E-state index in [1.807, 2.05) is 6.07 Å². The lowest BCUT2D eigenvalue weighted by atomic mass is 9.62. The van der Waals surface area contributed by atoms with Crippen LogP contribution in [0.3, 0.4) is 0 Å². The quantitative estimate of drug-likeness (QED) is 0.384. The van der Waals surface area contributed by atoms with E-state index < -0.39 is 23.2 Å². The number of nitrogens with zero attached hydrogens (tertiary/aromatic N) is 6. The average molecular weight is 505 g/mol. The van der Waals surface area contributed by atoms with E-state index in [1.54, 1.807) is 36.3 Å². The molecule has 37 heavy (non-hydrogen) atoms. The molecule has 0 saturated carbocycles. The number of halogens is 2. The van der Waals surface area contributed by atoms with Gasteiger partial charge < -0.3 is 5.11 Å². The first-order valence-corrected chi connectivity index (χ1v) is 12.4. The zero-order valence-electron chi connectivity index (χ0n) is 21.6. The Morgan fingerprint density at radius 1 is 1.03 bits per heavy atom. The lowest BCUT2D eigenvalue weighted by Gasteiger charge is -2.41. The summed E-state index contributed by atoms with van der Waals surface area (Å²) >= 11 is 0. The van der Waals surface area contributed by atoms with Gasteiger partial charge in [-0.1, -0.05) is 26.8 Å². The normalized spacial score (nSPS) is 21.1. The summed E-state index contributed by atoms with van der Waals surface area (Å²) in [6, 6.07) is 7.41. The van der Waals surface area contributed by atoms with Crippen molar-refractivity contribution in [3.8, 4) is 22.6 Å². The number of aromatic nitrogens is 6. The molecule has 3 aromatic heterocycles. The van der Waals surface area contributed by atoms with E-state index in [4.69, 9.17) is 4.98 Å². The van der Waals surface area contributed by atoms with Gasteiger partial charge in [0.2, 0.25) is 0 Å². The topological polar surface area (TPSA) is 89.6 Å². The van der Waals surface area contributed by atoms with Crippen LogP contribution in [0.2, 0.25) is 0 Å². The van der Waals surface area contributed by atoms with Crippen LogP contribution in [0.1, 0.15) is 63.9 Å². The highest BCUT2D eigenvalue weighted by Gasteiger charge is 2.57. The van der Waals surface area contributed by atoms with Crippen LogP contribution in [0.5, 0.6) is 0 Å². The van der Waals surface area contributed by atoms with Crippen molar-refractivity contribution < 1.29 is 13.9 Å². The minimum absolute atomic E-state index is 0.0484. The van der Waals surface area contributed by atoms with Gasteiger partial charge in [0, 0.05) is 12.4 Å². The molecule has 1 aromatic carbocycles. The number of hydrogen-bond acceptors (Lipinski definition) is 6. The summed E-state index contributed by atoms with van der Waals surface area (Å²) in [5, 5.41) is 23.1. The molecule has 1 aliphatic rings. The van der Waals surface area contributed by atoms with Gasteiger partial charge in [-0.2, -0.15) is 10.2 Å². The van der Waals surface area contributed by atoms with Crippen LogP contribution in [0.25, 0.3) is 22.6 Å². The van der Waals surface area contributed by atoms with Crippen molar-refractivity contribution in [3.63, 3.8) is 0 Å². The molecule has 3 heterocycles. The standard InChI is InChI=1S/C28H30F2N6O/c1-6-18-17-12-22(25-19(29)8-7-9-20(25)30)33-34-26(17)28(5,27(18,3)4)24-14-31-13-23(32-24)21-10-11-36(35-21)15-16(2)37/h7-14,16,18,37H,6,15H2,1-5H3/t16-,18?,28-/m0/s1. The smallest absolute Gasteiger partial charge is 0.135 e. The van der Waals surface area contributed by atoms with Crippen molar-refractivity contribution in [2.24, 2.45) is 5.41 Å². The van der Waals surface area contributed by atoms with E-state index in [0.29, 0.717) is 17.9 Å². The summed E-state index contributed by atoms with van der Waals surface area (Å²) < 4.78 is 30.8. The fourth-order valence-corrected chi connectivity index (χ4v) is 5.75. The van der Waals surface area contributed by atoms with E-state index >= 15 is 0 Å². The van der Waals surface area contributed by atoms with Gasteiger partial charge in [0.15, 0.2) is 0 Å². The molecule has 0 amide bonds. The van der Waals surface area contributed by atoms with Gasteiger partial charge in [0.05, 0.1) is 46.9 Å². The summed E-state index contributed by atoms with van der Waals surface area (Å²) in [6.45, 7) is 10.6. The molecule has 0 spiro atoms. The third-order valence-corrected chi connectivity index (χ3v) is 7.96. The lowest BCUT2D eigenvalue weighted by molar-refractivity contribution is 0.168. The second-order valence-electron chi connectivity index (χ2n) is 10.5. The molecule has 0 fully saturated rings. The van der Waals surface area contributed by atoms with E-state index in [0.717, 1.165) is 23.4 Å². The summed E-state index contributed by atoms with van der Waals surface area (Å²) in [4.78, 5) is 9.46. The van der Waals surface area contributed by atoms with Gasteiger partial charge in [0.1, 0.15) is 23.0 Å².